The van der Waals surface area contributed by atoms with Gasteiger partial charge in [0.1, 0.15) is 5.75 Å². The summed E-state index contributed by atoms with van der Waals surface area (Å²) in [5, 5.41) is 18.0. The van der Waals surface area contributed by atoms with Crippen molar-refractivity contribution in [3.63, 3.8) is 0 Å². The fourth-order valence-electron chi connectivity index (χ4n) is 1.92. The van der Waals surface area contributed by atoms with Crippen LogP contribution in [0.25, 0.3) is 0 Å². The number of hydrogen-bond donors (Lipinski definition) is 2. The zero-order valence-corrected chi connectivity index (χ0v) is 14.2. The number of aliphatic carboxylic acids is 1. The van der Waals surface area contributed by atoms with E-state index in [4.69, 9.17) is 5.11 Å². The average Bonchev–Trinajstić information content (AvgIpc) is 2.29. The SMILES string of the molecule is C=CC(=O)O.Cc1cc(C(C)(C)C)c(O)c(C(C)(C)C)c1. The second-order valence-corrected chi connectivity index (χ2v) is 7.25. The molecule has 0 heterocycles. The number of carbonyl (C=O) groups is 1. The maximum atomic E-state index is 10.4. The molecule has 0 aliphatic carbocycles. The van der Waals surface area contributed by atoms with E-state index in [1.807, 2.05) is 0 Å². The molecule has 0 bridgehead atoms. The van der Waals surface area contributed by atoms with Gasteiger partial charge in [0, 0.05) is 6.08 Å². The third-order valence-electron chi connectivity index (χ3n) is 3.04. The molecule has 3 heteroatoms. The van der Waals surface area contributed by atoms with Crippen molar-refractivity contribution in [1.82, 2.24) is 0 Å². The minimum atomic E-state index is -0.981. The normalized spacial score (nSPS) is 11.4. The van der Waals surface area contributed by atoms with E-state index < -0.39 is 5.97 Å². The first-order valence-electron chi connectivity index (χ1n) is 7.00. The highest BCUT2D eigenvalue weighted by molar-refractivity contribution is 5.78. The molecule has 0 spiro atoms. The lowest BCUT2D eigenvalue weighted by atomic mass is 9.78. The second kappa shape index (κ2) is 6.79. The Balaban J connectivity index is 0.000000690. The van der Waals surface area contributed by atoms with Gasteiger partial charge in [0.2, 0.25) is 0 Å². The number of carboxylic acid groups (broad SMARTS) is 1. The summed E-state index contributed by atoms with van der Waals surface area (Å²) < 4.78 is 0. The Kier molecular flexibility index (Phi) is 6.22. The van der Waals surface area contributed by atoms with Gasteiger partial charge in [-0.3, -0.25) is 0 Å². The minimum absolute atomic E-state index is 0.0178. The van der Waals surface area contributed by atoms with Crippen LogP contribution in [0.15, 0.2) is 24.8 Å². The lowest BCUT2D eigenvalue weighted by Gasteiger charge is -2.27. The van der Waals surface area contributed by atoms with Crippen LogP contribution >= 0.6 is 0 Å². The van der Waals surface area contributed by atoms with Crippen LogP contribution in [0.5, 0.6) is 5.75 Å². The van der Waals surface area contributed by atoms with E-state index in [2.05, 4.69) is 67.2 Å². The Hall–Kier alpha value is -1.77. The molecule has 0 unspecified atom stereocenters. The maximum Gasteiger partial charge on any atom is 0.327 e. The highest BCUT2D eigenvalue weighted by Crippen LogP contribution is 2.39. The van der Waals surface area contributed by atoms with Crippen molar-refractivity contribution < 1.29 is 15.0 Å². The van der Waals surface area contributed by atoms with Gasteiger partial charge in [-0.05, 0) is 28.9 Å². The number of aromatic hydroxyl groups is 1. The Morgan fingerprint density at radius 2 is 1.33 bits per heavy atom. The van der Waals surface area contributed by atoms with E-state index in [0.29, 0.717) is 5.75 Å². The van der Waals surface area contributed by atoms with Crippen molar-refractivity contribution >= 4 is 5.97 Å². The van der Waals surface area contributed by atoms with Gasteiger partial charge in [0.25, 0.3) is 0 Å². The maximum absolute atomic E-state index is 10.4. The molecule has 118 valence electrons. The van der Waals surface area contributed by atoms with Crippen LogP contribution in [-0.4, -0.2) is 16.2 Å². The van der Waals surface area contributed by atoms with Crippen LogP contribution in [0.1, 0.15) is 58.2 Å². The number of benzene rings is 1. The molecular weight excluding hydrogens is 264 g/mol. The minimum Gasteiger partial charge on any atom is -0.507 e. The summed E-state index contributed by atoms with van der Waals surface area (Å²) in [6.07, 6.45) is 0.833. The first-order valence-corrected chi connectivity index (χ1v) is 7.00. The number of carboxylic acids is 1. The summed E-state index contributed by atoms with van der Waals surface area (Å²) in [7, 11) is 0. The van der Waals surface area contributed by atoms with Gasteiger partial charge < -0.3 is 10.2 Å². The zero-order chi connectivity index (χ0) is 17.0. The summed E-state index contributed by atoms with van der Waals surface area (Å²) in [5.41, 5.74) is 3.26. The molecule has 0 saturated carbocycles. The van der Waals surface area contributed by atoms with E-state index in [1.165, 1.54) is 5.56 Å². The van der Waals surface area contributed by atoms with E-state index in [9.17, 15) is 9.90 Å². The van der Waals surface area contributed by atoms with Crippen molar-refractivity contribution in [3.05, 3.63) is 41.5 Å². The number of rotatable bonds is 1. The fourth-order valence-corrected chi connectivity index (χ4v) is 1.92. The first kappa shape index (κ1) is 19.2. The van der Waals surface area contributed by atoms with E-state index in [0.717, 1.165) is 17.2 Å². The van der Waals surface area contributed by atoms with Crippen LogP contribution in [0.4, 0.5) is 0 Å². The van der Waals surface area contributed by atoms with Crippen molar-refractivity contribution in [2.75, 3.05) is 0 Å². The molecule has 0 amide bonds. The summed E-state index contributed by atoms with van der Waals surface area (Å²) in [4.78, 5) is 9.25. The van der Waals surface area contributed by atoms with Gasteiger partial charge in [0.15, 0.2) is 0 Å². The third kappa shape index (κ3) is 6.03. The average molecular weight is 292 g/mol. The highest BCUT2D eigenvalue weighted by atomic mass is 16.4. The first-order chi connectivity index (χ1) is 9.30. The standard InChI is InChI=1S/C15H24O.C3H4O2/c1-10-8-11(14(2,3)4)13(16)12(9-10)15(5,6)7;1-2-3(4)5/h8-9,16H,1-7H3;2H,1H2,(H,4,5). The van der Waals surface area contributed by atoms with Crippen molar-refractivity contribution in [2.24, 2.45) is 0 Å². The van der Waals surface area contributed by atoms with Crippen molar-refractivity contribution in [1.29, 1.82) is 0 Å². The lowest BCUT2D eigenvalue weighted by Crippen LogP contribution is -2.17. The lowest BCUT2D eigenvalue weighted by molar-refractivity contribution is -0.131. The monoisotopic (exact) mass is 292 g/mol. The van der Waals surface area contributed by atoms with Crippen molar-refractivity contribution in [2.45, 2.75) is 59.3 Å². The number of hydrogen-bond acceptors (Lipinski definition) is 2. The van der Waals surface area contributed by atoms with Gasteiger partial charge in [0.05, 0.1) is 0 Å². The topological polar surface area (TPSA) is 57.5 Å². The molecule has 21 heavy (non-hydrogen) atoms. The van der Waals surface area contributed by atoms with Crippen LogP contribution in [0.3, 0.4) is 0 Å². The fraction of sp³-hybridized carbons (Fsp3) is 0.500. The molecule has 2 N–H and O–H groups in total. The van der Waals surface area contributed by atoms with Crippen LogP contribution in [-0.2, 0) is 15.6 Å². The Morgan fingerprint density at radius 1 is 1.05 bits per heavy atom. The molecule has 1 aromatic rings. The number of phenols is 1. The number of phenolic OH excluding ortho intramolecular Hbond substituents is 1. The number of aryl methyl sites for hydroxylation is 1. The zero-order valence-electron chi connectivity index (χ0n) is 14.2. The van der Waals surface area contributed by atoms with Gasteiger partial charge in [-0.15, -0.1) is 0 Å². The summed E-state index contributed by atoms with van der Waals surface area (Å²) in [5.74, 6) is -0.518. The molecular formula is C18H28O3. The molecule has 3 nitrogen and oxygen atoms in total. The van der Waals surface area contributed by atoms with E-state index >= 15 is 0 Å². The highest BCUT2D eigenvalue weighted by Gasteiger charge is 2.25. The molecule has 1 rings (SSSR count). The van der Waals surface area contributed by atoms with E-state index in [-0.39, 0.29) is 10.8 Å². The molecule has 1 aromatic carbocycles. The Labute approximate surface area is 128 Å². The molecule has 0 aromatic heterocycles. The predicted molar refractivity (Wildman–Crippen MR) is 88.1 cm³/mol. The smallest absolute Gasteiger partial charge is 0.327 e. The van der Waals surface area contributed by atoms with Crippen LogP contribution in [0, 0.1) is 6.92 Å². The molecule has 0 radical (unpaired) electrons. The quantitative estimate of drug-likeness (QED) is 0.746. The van der Waals surface area contributed by atoms with Gasteiger partial charge in [-0.25, -0.2) is 4.79 Å². The van der Waals surface area contributed by atoms with Gasteiger partial charge >= 0.3 is 5.97 Å². The molecule has 0 aliphatic rings. The molecule has 0 atom stereocenters. The summed E-state index contributed by atoms with van der Waals surface area (Å²) in [6, 6.07) is 4.18. The molecule has 0 fully saturated rings. The summed E-state index contributed by atoms with van der Waals surface area (Å²) in [6.45, 7) is 17.8. The van der Waals surface area contributed by atoms with Crippen LogP contribution < -0.4 is 0 Å². The molecule has 0 saturated heterocycles. The van der Waals surface area contributed by atoms with E-state index in [1.54, 1.807) is 0 Å². The largest absolute Gasteiger partial charge is 0.507 e. The summed E-state index contributed by atoms with van der Waals surface area (Å²) >= 11 is 0. The third-order valence-corrected chi connectivity index (χ3v) is 3.04. The van der Waals surface area contributed by atoms with Gasteiger partial charge in [-0.2, -0.15) is 0 Å². The molecule has 0 aliphatic heterocycles. The second-order valence-electron chi connectivity index (χ2n) is 7.25. The Bertz CT molecular complexity index is 479. The van der Waals surface area contributed by atoms with Crippen molar-refractivity contribution in [3.8, 4) is 5.75 Å². The predicted octanol–water partition coefficient (Wildman–Crippen LogP) is 4.55. The van der Waals surface area contributed by atoms with Crippen LogP contribution in [0.2, 0.25) is 0 Å². The van der Waals surface area contributed by atoms with Gasteiger partial charge in [-0.1, -0.05) is 65.8 Å². The Morgan fingerprint density at radius 3 is 1.52 bits per heavy atom.